The van der Waals surface area contributed by atoms with Crippen LogP contribution in [0.3, 0.4) is 0 Å². The molecule has 5 aromatic carbocycles. The second kappa shape index (κ2) is 6.56. The van der Waals surface area contributed by atoms with Gasteiger partial charge in [-0.2, -0.15) is 0 Å². The molecule has 33 heavy (non-hydrogen) atoms. The Morgan fingerprint density at radius 3 is 1.67 bits per heavy atom. The molecule has 0 N–H and O–H groups in total. The third-order valence-corrected chi connectivity index (χ3v) is 7.81. The SMILES string of the molecule is Cc1cc2c(cc1C)C1(c3ccccc3-c3ccc(-c4ccccc4)cc31)c1ccccc1-2. The van der Waals surface area contributed by atoms with Gasteiger partial charge in [0.05, 0.1) is 5.41 Å². The summed E-state index contributed by atoms with van der Waals surface area (Å²) in [6, 6.07) is 40.7. The van der Waals surface area contributed by atoms with Crippen LogP contribution >= 0.6 is 0 Å². The predicted octanol–water partition coefficient (Wildman–Crippen LogP) is 8.31. The minimum atomic E-state index is -0.277. The lowest BCUT2D eigenvalue weighted by molar-refractivity contribution is 0.792. The zero-order valence-electron chi connectivity index (χ0n) is 18.9. The van der Waals surface area contributed by atoms with Crippen LogP contribution in [0.2, 0.25) is 0 Å². The Bertz CT molecular complexity index is 1570. The largest absolute Gasteiger partial charge is 0.0725 e. The van der Waals surface area contributed by atoms with Crippen LogP contribution in [0.1, 0.15) is 33.4 Å². The molecule has 0 radical (unpaired) electrons. The van der Waals surface area contributed by atoms with Gasteiger partial charge in [-0.25, -0.2) is 0 Å². The van der Waals surface area contributed by atoms with Gasteiger partial charge in [-0.3, -0.25) is 0 Å². The molecule has 0 heterocycles. The summed E-state index contributed by atoms with van der Waals surface area (Å²) >= 11 is 0. The van der Waals surface area contributed by atoms with Gasteiger partial charge >= 0.3 is 0 Å². The lowest BCUT2D eigenvalue weighted by atomic mass is 9.70. The lowest BCUT2D eigenvalue weighted by Crippen LogP contribution is -2.26. The second-order valence-electron chi connectivity index (χ2n) is 9.45. The Morgan fingerprint density at radius 2 is 0.939 bits per heavy atom. The van der Waals surface area contributed by atoms with Gasteiger partial charge in [0.15, 0.2) is 0 Å². The molecule has 2 aliphatic rings. The maximum Gasteiger partial charge on any atom is 0.0725 e. The molecule has 7 rings (SSSR count). The fourth-order valence-corrected chi connectivity index (χ4v) is 6.21. The van der Waals surface area contributed by atoms with Gasteiger partial charge in [0.25, 0.3) is 0 Å². The Balaban J connectivity index is 1.65. The van der Waals surface area contributed by atoms with Gasteiger partial charge in [0.2, 0.25) is 0 Å². The fourth-order valence-electron chi connectivity index (χ4n) is 6.21. The van der Waals surface area contributed by atoms with E-state index >= 15 is 0 Å². The number of hydrogen-bond acceptors (Lipinski definition) is 0. The highest BCUT2D eigenvalue weighted by molar-refractivity contribution is 5.96. The third-order valence-electron chi connectivity index (χ3n) is 7.81. The van der Waals surface area contributed by atoms with E-state index in [0.29, 0.717) is 0 Å². The van der Waals surface area contributed by atoms with E-state index < -0.39 is 0 Å². The maximum atomic E-state index is 2.45. The number of benzene rings is 5. The van der Waals surface area contributed by atoms with Crippen LogP contribution in [0.25, 0.3) is 33.4 Å². The first-order valence-electron chi connectivity index (χ1n) is 11.7. The van der Waals surface area contributed by atoms with Crippen molar-refractivity contribution in [1.29, 1.82) is 0 Å². The Hall–Kier alpha value is -3.90. The number of aryl methyl sites for hydroxylation is 2. The maximum absolute atomic E-state index is 2.45. The molecule has 2 aliphatic carbocycles. The van der Waals surface area contributed by atoms with Crippen LogP contribution in [0.4, 0.5) is 0 Å². The van der Waals surface area contributed by atoms with E-state index in [1.54, 1.807) is 0 Å². The molecule has 0 heteroatoms. The third kappa shape index (κ3) is 2.31. The van der Waals surface area contributed by atoms with Crippen LogP contribution in [0.15, 0.2) is 109 Å². The average molecular weight is 421 g/mol. The monoisotopic (exact) mass is 420 g/mol. The summed E-state index contributed by atoms with van der Waals surface area (Å²) in [5.41, 5.74) is 16.0. The molecular formula is C33H24. The van der Waals surface area contributed by atoms with Crippen molar-refractivity contribution < 1.29 is 0 Å². The minimum Gasteiger partial charge on any atom is -0.0622 e. The highest BCUT2D eigenvalue weighted by Crippen LogP contribution is 2.63. The lowest BCUT2D eigenvalue weighted by Gasteiger charge is -2.31. The summed E-state index contributed by atoms with van der Waals surface area (Å²) in [6.07, 6.45) is 0. The highest BCUT2D eigenvalue weighted by atomic mass is 14.5. The molecule has 0 saturated carbocycles. The molecule has 1 spiro atoms. The Labute approximate surface area is 195 Å². The molecule has 0 amide bonds. The molecular weight excluding hydrogens is 396 g/mol. The molecule has 0 fully saturated rings. The summed E-state index contributed by atoms with van der Waals surface area (Å²) in [4.78, 5) is 0. The topological polar surface area (TPSA) is 0 Å². The summed E-state index contributed by atoms with van der Waals surface area (Å²) in [5.74, 6) is 0. The van der Waals surface area contributed by atoms with Gasteiger partial charge < -0.3 is 0 Å². The first kappa shape index (κ1) is 18.7. The van der Waals surface area contributed by atoms with Crippen molar-refractivity contribution in [1.82, 2.24) is 0 Å². The number of fused-ring (bicyclic) bond motifs is 10. The van der Waals surface area contributed by atoms with E-state index in [0.717, 1.165) is 0 Å². The van der Waals surface area contributed by atoms with Crippen LogP contribution < -0.4 is 0 Å². The molecule has 156 valence electrons. The molecule has 0 aliphatic heterocycles. The summed E-state index contributed by atoms with van der Waals surface area (Å²) in [7, 11) is 0. The van der Waals surface area contributed by atoms with Crippen molar-refractivity contribution in [3.05, 3.63) is 143 Å². The predicted molar refractivity (Wildman–Crippen MR) is 138 cm³/mol. The molecule has 0 nitrogen and oxygen atoms in total. The van der Waals surface area contributed by atoms with Crippen molar-refractivity contribution >= 4 is 0 Å². The van der Waals surface area contributed by atoms with Gasteiger partial charge in [0, 0.05) is 0 Å². The first-order valence-corrected chi connectivity index (χ1v) is 11.7. The summed E-state index contributed by atoms with van der Waals surface area (Å²) < 4.78 is 0. The van der Waals surface area contributed by atoms with Gasteiger partial charge in [0.1, 0.15) is 0 Å². The molecule has 5 aromatic rings. The van der Waals surface area contributed by atoms with E-state index in [1.807, 2.05) is 0 Å². The Morgan fingerprint density at radius 1 is 0.394 bits per heavy atom. The Kier molecular flexibility index (Phi) is 3.71. The van der Waals surface area contributed by atoms with Crippen molar-refractivity contribution in [3.8, 4) is 33.4 Å². The van der Waals surface area contributed by atoms with E-state index in [1.165, 1.54) is 66.8 Å². The number of hydrogen-bond donors (Lipinski definition) is 0. The van der Waals surface area contributed by atoms with Crippen molar-refractivity contribution in [3.63, 3.8) is 0 Å². The standard InChI is InChI=1S/C33H24/c1-21-18-28-26-13-7-9-15-30(26)33(31(28)19-22(21)2)29-14-8-6-12-25(29)27-17-16-24(20-32(27)33)23-10-4-3-5-11-23/h3-20H,1-2H3. The number of rotatable bonds is 1. The minimum absolute atomic E-state index is 0.277. The van der Waals surface area contributed by atoms with Gasteiger partial charge in [-0.1, -0.05) is 103 Å². The van der Waals surface area contributed by atoms with Crippen LogP contribution in [0.5, 0.6) is 0 Å². The van der Waals surface area contributed by atoms with E-state index in [9.17, 15) is 0 Å². The quantitative estimate of drug-likeness (QED) is 0.250. The average Bonchev–Trinajstić information content (AvgIpc) is 3.31. The first-order chi connectivity index (χ1) is 16.2. The molecule has 1 unspecified atom stereocenters. The van der Waals surface area contributed by atoms with E-state index in [-0.39, 0.29) is 5.41 Å². The second-order valence-corrected chi connectivity index (χ2v) is 9.45. The van der Waals surface area contributed by atoms with Crippen LogP contribution in [-0.4, -0.2) is 0 Å². The van der Waals surface area contributed by atoms with Gasteiger partial charge in [-0.05, 0) is 86.7 Å². The summed E-state index contributed by atoms with van der Waals surface area (Å²) in [5, 5.41) is 0. The van der Waals surface area contributed by atoms with Gasteiger partial charge in [-0.15, -0.1) is 0 Å². The molecule has 0 bridgehead atoms. The molecule has 0 aromatic heterocycles. The van der Waals surface area contributed by atoms with Crippen LogP contribution in [-0.2, 0) is 5.41 Å². The zero-order chi connectivity index (χ0) is 22.2. The van der Waals surface area contributed by atoms with Crippen LogP contribution in [0, 0.1) is 13.8 Å². The molecule has 0 saturated heterocycles. The van der Waals surface area contributed by atoms with E-state index in [4.69, 9.17) is 0 Å². The van der Waals surface area contributed by atoms with Crippen molar-refractivity contribution in [2.75, 3.05) is 0 Å². The fraction of sp³-hybridized carbons (Fsp3) is 0.0909. The highest BCUT2D eigenvalue weighted by Gasteiger charge is 2.51. The molecule has 1 atom stereocenters. The normalized spacial score (nSPS) is 16.9. The van der Waals surface area contributed by atoms with E-state index in [2.05, 4.69) is 123 Å². The zero-order valence-corrected chi connectivity index (χ0v) is 18.9. The smallest absolute Gasteiger partial charge is 0.0622 e. The summed E-state index contributed by atoms with van der Waals surface area (Å²) in [6.45, 7) is 4.47. The van der Waals surface area contributed by atoms with Crippen molar-refractivity contribution in [2.24, 2.45) is 0 Å². The van der Waals surface area contributed by atoms with Crippen molar-refractivity contribution in [2.45, 2.75) is 19.3 Å².